The first-order valence-electron chi connectivity index (χ1n) is 4.98. The third-order valence-electron chi connectivity index (χ3n) is 2.44. The second-order valence-corrected chi connectivity index (χ2v) is 4.40. The molecule has 1 aromatic carbocycles. The highest BCUT2D eigenvalue weighted by Gasteiger charge is 2.22. The number of benzene rings is 1. The molecule has 0 spiro atoms. The molecule has 0 bridgehead atoms. The van der Waals surface area contributed by atoms with Crippen LogP contribution in [0.15, 0.2) is 16.6 Å². The van der Waals surface area contributed by atoms with Crippen molar-refractivity contribution < 1.29 is 19.4 Å². The third kappa shape index (κ3) is 2.00. The Morgan fingerprint density at radius 2 is 2.31 bits per heavy atom. The van der Waals surface area contributed by atoms with Crippen LogP contribution in [-0.2, 0) is 0 Å². The number of halogens is 1. The van der Waals surface area contributed by atoms with Gasteiger partial charge in [-0.3, -0.25) is 0 Å². The summed E-state index contributed by atoms with van der Waals surface area (Å²) in [5.74, 6) is 0.0946. The van der Waals surface area contributed by atoms with E-state index in [1.54, 1.807) is 6.07 Å². The van der Waals surface area contributed by atoms with Gasteiger partial charge in [-0.1, -0.05) is 6.92 Å². The molecule has 4 nitrogen and oxygen atoms in total. The Bertz CT molecular complexity index is 430. The number of ether oxygens (including phenoxy) is 2. The molecular weight excluding hydrogens is 276 g/mol. The molecule has 1 N–H and O–H groups in total. The molecule has 0 radical (unpaired) electrons. The number of fused-ring (bicyclic) bond motifs is 1. The van der Waals surface area contributed by atoms with E-state index in [4.69, 9.17) is 14.6 Å². The molecule has 0 saturated carbocycles. The molecule has 86 valence electrons. The normalized spacial score (nSPS) is 18.2. The first kappa shape index (κ1) is 11.3. The zero-order chi connectivity index (χ0) is 11.7. The number of carboxylic acid groups (broad SMARTS) is 1. The van der Waals surface area contributed by atoms with Gasteiger partial charge in [0.2, 0.25) is 0 Å². The highest BCUT2D eigenvalue weighted by atomic mass is 79.9. The maximum Gasteiger partial charge on any atom is 0.336 e. The Kier molecular flexibility index (Phi) is 3.05. The molecular formula is C11H11BrO4. The summed E-state index contributed by atoms with van der Waals surface area (Å²) in [6, 6.07) is 3.12. The van der Waals surface area contributed by atoms with Gasteiger partial charge in [0, 0.05) is 4.47 Å². The van der Waals surface area contributed by atoms with E-state index in [0.29, 0.717) is 22.6 Å². The Labute approximate surface area is 101 Å². The lowest BCUT2D eigenvalue weighted by atomic mass is 10.2. The van der Waals surface area contributed by atoms with Crippen LogP contribution in [0.3, 0.4) is 0 Å². The van der Waals surface area contributed by atoms with Crippen LogP contribution in [0.25, 0.3) is 0 Å². The molecule has 0 aromatic heterocycles. The van der Waals surface area contributed by atoms with Crippen LogP contribution in [0.4, 0.5) is 0 Å². The van der Waals surface area contributed by atoms with E-state index in [2.05, 4.69) is 15.9 Å². The fourth-order valence-electron chi connectivity index (χ4n) is 1.50. The van der Waals surface area contributed by atoms with Crippen molar-refractivity contribution in [3.63, 3.8) is 0 Å². The molecule has 0 saturated heterocycles. The molecule has 1 heterocycles. The second-order valence-electron chi connectivity index (χ2n) is 3.54. The number of carbonyl (C=O) groups is 1. The standard InChI is InChI=1S/C11H11BrO4/c1-2-6-5-15-9-4-8(12)7(11(13)14)3-10(9)16-6/h3-4,6H,2,5H2,1H3,(H,13,14). The maximum absolute atomic E-state index is 10.9. The average Bonchev–Trinajstić information content (AvgIpc) is 2.27. The molecule has 0 aliphatic carbocycles. The zero-order valence-electron chi connectivity index (χ0n) is 8.70. The van der Waals surface area contributed by atoms with Crippen molar-refractivity contribution >= 4 is 21.9 Å². The molecule has 16 heavy (non-hydrogen) atoms. The van der Waals surface area contributed by atoms with E-state index in [9.17, 15) is 4.79 Å². The van der Waals surface area contributed by atoms with Crippen LogP contribution in [0, 0.1) is 0 Å². The Morgan fingerprint density at radius 1 is 1.56 bits per heavy atom. The number of carboxylic acids is 1. The summed E-state index contributed by atoms with van der Waals surface area (Å²) in [7, 11) is 0. The second kappa shape index (κ2) is 4.33. The number of aromatic carboxylic acids is 1. The van der Waals surface area contributed by atoms with Gasteiger partial charge in [0.05, 0.1) is 5.56 Å². The van der Waals surface area contributed by atoms with Crippen LogP contribution >= 0.6 is 15.9 Å². The molecule has 2 rings (SSSR count). The van der Waals surface area contributed by atoms with Crippen LogP contribution < -0.4 is 9.47 Å². The van der Waals surface area contributed by atoms with Crippen molar-refractivity contribution in [2.75, 3.05) is 6.61 Å². The molecule has 1 aliphatic heterocycles. The van der Waals surface area contributed by atoms with E-state index in [1.807, 2.05) is 6.92 Å². The lowest BCUT2D eigenvalue weighted by molar-refractivity contribution is 0.0689. The van der Waals surface area contributed by atoms with Crippen molar-refractivity contribution in [1.82, 2.24) is 0 Å². The fourth-order valence-corrected chi connectivity index (χ4v) is 1.99. The van der Waals surface area contributed by atoms with E-state index in [-0.39, 0.29) is 11.7 Å². The minimum atomic E-state index is -0.989. The van der Waals surface area contributed by atoms with Crippen LogP contribution in [0.2, 0.25) is 0 Å². The molecule has 0 amide bonds. The van der Waals surface area contributed by atoms with Crippen molar-refractivity contribution in [1.29, 1.82) is 0 Å². The predicted molar refractivity (Wildman–Crippen MR) is 61.3 cm³/mol. The van der Waals surface area contributed by atoms with Gasteiger partial charge in [0.15, 0.2) is 11.5 Å². The van der Waals surface area contributed by atoms with Gasteiger partial charge in [0.1, 0.15) is 12.7 Å². The van der Waals surface area contributed by atoms with Crippen molar-refractivity contribution in [2.45, 2.75) is 19.4 Å². The maximum atomic E-state index is 10.9. The lowest BCUT2D eigenvalue weighted by Gasteiger charge is -2.26. The molecule has 1 unspecified atom stereocenters. The highest BCUT2D eigenvalue weighted by molar-refractivity contribution is 9.10. The van der Waals surface area contributed by atoms with Crippen LogP contribution in [0.1, 0.15) is 23.7 Å². The SMILES string of the molecule is CCC1COc2cc(Br)c(C(=O)O)cc2O1. The van der Waals surface area contributed by atoms with E-state index < -0.39 is 5.97 Å². The number of hydrogen-bond donors (Lipinski definition) is 1. The molecule has 1 aromatic rings. The molecule has 1 aliphatic rings. The summed E-state index contributed by atoms with van der Waals surface area (Å²) in [5, 5.41) is 8.96. The molecule has 0 fully saturated rings. The van der Waals surface area contributed by atoms with Gasteiger partial charge in [-0.05, 0) is 34.5 Å². The largest absolute Gasteiger partial charge is 0.486 e. The van der Waals surface area contributed by atoms with Gasteiger partial charge < -0.3 is 14.6 Å². The molecule has 5 heteroatoms. The monoisotopic (exact) mass is 286 g/mol. The summed E-state index contributed by atoms with van der Waals surface area (Å²) >= 11 is 3.19. The number of hydrogen-bond acceptors (Lipinski definition) is 3. The average molecular weight is 287 g/mol. The summed E-state index contributed by atoms with van der Waals surface area (Å²) < 4.78 is 11.6. The van der Waals surface area contributed by atoms with Crippen molar-refractivity contribution in [2.24, 2.45) is 0 Å². The predicted octanol–water partition coefficient (Wildman–Crippen LogP) is 2.70. The van der Waals surface area contributed by atoms with E-state index >= 15 is 0 Å². The van der Waals surface area contributed by atoms with Crippen molar-refractivity contribution in [3.05, 3.63) is 22.2 Å². The van der Waals surface area contributed by atoms with E-state index in [1.165, 1.54) is 6.07 Å². The topological polar surface area (TPSA) is 55.8 Å². The third-order valence-corrected chi connectivity index (χ3v) is 3.09. The Hall–Kier alpha value is -1.23. The summed E-state index contributed by atoms with van der Waals surface area (Å²) in [4.78, 5) is 10.9. The van der Waals surface area contributed by atoms with Gasteiger partial charge in [-0.15, -0.1) is 0 Å². The summed E-state index contributed by atoms with van der Waals surface area (Å²) in [6.45, 7) is 2.50. The Morgan fingerprint density at radius 3 is 2.94 bits per heavy atom. The van der Waals surface area contributed by atoms with Gasteiger partial charge >= 0.3 is 5.97 Å². The van der Waals surface area contributed by atoms with Crippen LogP contribution in [0.5, 0.6) is 11.5 Å². The zero-order valence-corrected chi connectivity index (χ0v) is 10.3. The smallest absolute Gasteiger partial charge is 0.336 e. The minimum Gasteiger partial charge on any atom is -0.486 e. The highest BCUT2D eigenvalue weighted by Crippen LogP contribution is 2.37. The quantitative estimate of drug-likeness (QED) is 0.908. The van der Waals surface area contributed by atoms with E-state index in [0.717, 1.165) is 6.42 Å². The fraction of sp³-hybridized carbons (Fsp3) is 0.364. The van der Waals surface area contributed by atoms with Gasteiger partial charge in [0.25, 0.3) is 0 Å². The first-order valence-corrected chi connectivity index (χ1v) is 5.77. The van der Waals surface area contributed by atoms with Crippen molar-refractivity contribution in [3.8, 4) is 11.5 Å². The lowest BCUT2D eigenvalue weighted by Crippen LogP contribution is -2.28. The first-order chi connectivity index (χ1) is 7.61. The summed E-state index contributed by atoms with van der Waals surface area (Å²) in [6.07, 6.45) is 0.827. The Balaban J connectivity index is 2.39. The summed E-state index contributed by atoms with van der Waals surface area (Å²) in [5.41, 5.74) is 0.180. The van der Waals surface area contributed by atoms with Gasteiger partial charge in [-0.2, -0.15) is 0 Å². The molecule has 1 atom stereocenters. The minimum absolute atomic E-state index is 0.00433. The number of rotatable bonds is 2. The van der Waals surface area contributed by atoms with Gasteiger partial charge in [-0.25, -0.2) is 4.79 Å². The van der Waals surface area contributed by atoms with Crippen LogP contribution in [-0.4, -0.2) is 23.8 Å².